The van der Waals surface area contributed by atoms with Crippen molar-refractivity contribution in [2.24, 2.45) is 14.1 Å². The van der Waals surface area contributed by atoms with Gasteiger partial charge in [0.1, 0.15) is 12.1 Å². The number of hydrogen-bond donors (Lipinski definition) is 1. The first-order chi connectivity index (χ1) is 11.1. The van der Waals surface area contributed by atoms with E-state index in [2.05, 4.69) is 15.0 Å². The monoisotopic (exact) mass is 337 g/mol. The van der Waals surface area contributed by atoms with Gasteiger partial charge in [-0.3, -0.25) is 18.7 Å². The minimum Gasteiger partial charge on any atom is -0.467 e. The van der Waals surface area contributed by atoms with E-state index >= 15 is 0 Å². The molecule has 24 heavy (non-hydrogen) atoms. The van der Waals surface area contributed by atoms with Gasteiger partial charge in [0.25, 0.3) is 5.56 Å². The first-order valence-corrected chi connectivity index (χ1v) is 7.10. The topological polar surface area (TPSA) is 117 Å². The number of rotatable bonds is 4. The molecule has 0 saturated heterocycles. The number of hydrogen-bond acceptors (Lipinski definition) is 6. The van der Waals surface area contributed by atoms with Gasteiger partial charge in [-0.05, 0) is 13.8 Å². The van der Waals surface area contributed by atoms with Crippen molar-refractivity contribution < 1.29 is 14.3 Å². The Morgan fingerprint density at radius 1 is 1.25 bits per heavy atom. The third-order valence-corrected chi connectivity index (χ3v) is 3.68. The lowest BCUT2D eigenvalue weighted by Gasteiger charge is -2.23. The molecule has 2 aromatic heterocycles. The minimum absolute atomic E-state index is 0.130. The summed E-state index contributed by atoms with van der Waals surface area (Å²) in [6, 6.07) is 0. The summed E-state index contributed by atoms with van der Waals surface area (Å²) >= 11 is 0. The van der Waals surface area contributed by atoms with Crippen LogP contribution >= 0.6 is 0 Å². The van der Waals surface area contributed by atoms with Gasteiger partial charge < -0.3 is 14.6 Å². The SMILES string of the molecule is COC(=O)C(C)(C)NC(=O)Cn1cnc2c1c(=O)n(C)c(=O)n2C. The predicted molar refractivity (Wildman–Crippen MR) is 84.5 cm³/mol. The van der Waals surface area contributed by atoms with Gasteiger partial charge in [-0.15, -0.1) is 0 Å². The Morgan fingerprint density at radius 3 is 2.46 bits per heavy atom. The average Bonchev–Trinajstić information content (AvgIpc) is 2.92. The summed E-state index contributed by atoms with van der Waals surface area (Å²) in [7, 11) is 4.06. The van der Waals surface area contributed by atoms with Gasteiger partial charge in [-0.1, -0.05) is 0 Å². The number of fused-ring (bicyclic) bond motifs is 1. The number of amides is 1. The van der Waals surface area contributed by atoms with Crippen LogP contribution in [0.1, 0.15) is 13.8 Å². The third kappa shape index (κ3) is 2.82. The standard InChI is InChI=1S/C14H19N5O5/c1-14(2,12(22)24-5)16-8(20)6-19-7-15-10-9(19)11(21)18(4)13(23)17(10)3/h7H,6H2,1-5H3,(H,16,20). The summed E-state index contributed by atoms with van der Waals surface area (Å²) in [5, 5.41) is 2.53. The lowest BCUT2D eigenvalue weighted by Crippen LogP contribution is -2.51. The van der Waals surface area contributed by atoms with Gasteiger partial charge in [0, 0.05) is 14.1 Å². The maximum Gasteiger partial charge on any atom is 0.332 e. The van der Waals surface area contributed by atoms with E-state index in [1.807, 2.05) is 0 Å². The quantitative estimate of drug-likeness (QED) is 0.679. The molecule has 0 aliphatic carbocycles. The Balaban J connectivity index is 2.39. The molecule has 0 spiro atoms. The molecule has 0 aliphatic heterocycles. The second-order valence-corrected chi connectivity index (χ2v) is 5.92. The molecule has 1 amide bonds. The van der Waals surface area contributed by atoms with Crippen LogP contribution in [0.2, 0.25) is 0 Å². The Kier molecular flexibility index (Phi) is 4.32. The fourth-order valence-corrected chi connectivity index (χ4v) is 2.37. The van der Waals surface area contributed by atoms with E-state index in [0.717, 1.165) is 4.57 Å². The molecule has 130 valence electrons. The lowest BCUT2D eigenvalue weighted by molar-refractivity contribution is -0.149. The minimum atomic E-state index is -1.21. The van der Waals surface area contributed by atoms with E-state index < -0.39 is 28.7 Å². The molecule has 2 aromatic rings. The number of imidazole rings is 1. The summed E-state index contributed by atoms with van der Waals surface area (Å²) in [6.07, 6.45) is 1.30. The van der Waals surface area contributed by atoms with Gasteiger partial charge in [0.05, 0.1) is 13.4 Å². The molecule has 10 nitrogen and oxygen atoms in total. The van der Waals surface area contributed by atoms with Gasteiger partial charge >= 0.3 is 11.7 Å². The van der Waals surface area contributed by atoms with Crippen LogP contribution in [0.3, 0.4) is 0 Å². The second-order valence-electron chi connectivity index (χ2n) is 5.92. The number of aromatic nitrogens is 4. The van der Waals surface area contributed by atoms with Crippen LogP contribution in [0.15, 0.2) is 15.9 Å². The number of nitrogens with one attached hydrogen (secondary N) is 1. The number of aryl methyl sites for hydroxylation is 1. The summed E-state index contributed by atoms with van der Waals surface area (Å²) in [4.78, 5) is 52.0. The van der Waals surface area contributed by atoms with Crippen molar-refractivity contribution in [1.82, 2.24) is 24.0 Å². The van der Waals surface area contributed by atoms with Crippen molar-refractivity contribution in [2.75, 3.05) is 7.11 Å². The molecule has 0 aromatic carbocycles. The smallest absolute Gasteiger partial charge is 0.332 e. The number of ether oxygens (including phenoxy) is 1. The average molecular weight is 337 g/mol. The van der Waals surface area contributed by atoms with Gasteiger partial charge in [-0.2, -0.15) is 0 Å². The summed E-state index contributed by atoms with van der Waals surface area (Å²) in [5.41, 5.74) is -1.95. The second kappa shape index (κ2) is 5.95. The van der Waals surface area contributed by atoms with Gasteiger partial charge in [0.2, 0.25) is 5.91 Å². The fraction of sp³-hybridized carbons (Fsp3) is 0.500. The van der Waals surface area contributed by atoms with E-state index in [9.17, 15) is 19.2 Å². The van der Waals surface area contributed by atoms with Crippen LogP contribution in [0, 0.1) is 0 Å². The maximum absolute atomic E-state index is 12.3. The van der Waals surface area contributed by atoms with Crippen LogP contribution < -0.4 is 16.6 Å². The highest BCUT2D eigenvalue weighted by Crippen LogP contribution is 2.07. The number of carbonyl (C=O) groups excluding carboxylic acids is 2. The highest BCUT2D eigenvalue weighted by molar-refractivity contribution is 5.87. The number of carbonyl (C=O) groups is 2. The molecule has 2 heterocycles. The van der Waals surface area contributed by atoms with Crippen molar-refractivity contribution in [3.8, 4) is 0 Å². The van der Waals surface area contributed by atoms with Crippen LogP contribution in [0.5, 0.6) is 0 Å². The first-order valence-electron chi connectivity index (χ1n) is 7.10. The molecule has 2 rings (SSSR count). The highest BCUT2D eigenvalue weighted by atomic mass is 16.5. The first kappa shape index (κ1) is 17.4. The zero-order chi connectivity index (χ0) is 18.2. The molecular formula is C14H19N5O5. The molecule has 0 atom stereocenters. The molecule has 0 bridgehead atoms. The van der Waals surface area contributed by atoms with Crippen molar-refractivity contribution in [1.29, 1.82) is 0 Å². The van der Waals surface area contributed by atoms with Crippen LogP contribution in [0.4, 0.5) is 0 Å². The molecule has 0 saturated carbocycles. The van der Waals surface area contributed by atoms with Crippen LogP contribution in [-0.4, -0.2) is 43.2 Å². The molecule has 1 N–H and O–H groups in total. The molecule has 10 heteroatoms. The maximum atomic E-state index is 12.3. The van der Waals surface area contributed by atoms with E-state index in [0.29, 0.717) is 0 Å². The number of nitrogens with zero attached hydrogens (tertiary/aromatic N) is 4. The predicted octanol–water partition coefficient (Wildman–Crippen LogP) is -1.50. The zero-order valence-corrected chi connectivity index (χ0v) is 14.1. The van der Waals surface area contributed by atoms with Crippen LogP contribution in [-0.2, 0) is 35.0 Å². The number of esters is 1. The van der Waals surface area contributed by atoms with Crippen LogP contribution in [0.25, 0.3) is 11.2 Å². The summed E-state index contributed by atoms with van der Waals surface area (Å²) in [6.45, 7) is 2.78. The Morgan fingerprint density at radius 2 is 1.88 bits per heavy atom. The summed E-state index contributed by atoms with van der Waals surface area (Å²) in [5.74, 6) is -1.09. The van der Waals surface area contributed by atoms with Crippen molar-refractivity contribution >= 4 is 23.0 Å². The van der Waals surface area contributed by atoms with Crippen molar-refractivity contribution in [3.05, 3.63) is 27.2 Å². The Hall–Kier alpha value is -2.91. The van der Waals surface area contributed by atoms with E-state index in [4.69, 9.17) is 0 Å². The van der Waals surface area contributed by atoms with Gasteiger partial charge in [-0.25, -0.2) is 14.6 Å². The molecule has 0 fully saturated rings. The normalized spacial score (nSPS) is 11.5. The van der Waals surface area contributed by atoms with E-state index in [1.54, 1.807) is 0 Å². The zero-order valence-electron chi connectivity index (χ0n) is 14.1. The fourth-order valence-electron chi connectivity index (χ4n) is 2.37. The van der Waals surface area contributed by atoms with Gasteiger partial charge in [0.15, 0.2) is 11.2 Å². The van der Waals surface area contributed by atoms with Crippen molar-refractivity contribution in [2.45, 2.75) is 25.9 Å². The van der Waals surface area contributed by atoms with E-state index in [-0.39, 0.29) is 17.7 Å². The number of methoxy groups -OCH3 is 1. The van der Waals surface area contributed by atoms with Crippen molar-refractivity contribution in [3.63, 3.8) is 0 Å². The lowest BCUT2D eigenvalue weighted by atomic mass is 10.1. The molecule has 0 aliphatic rings. The largest absolute Gasteiger partial charge is 0.467 e. The highest BCUT2D eigenvalue weighted by Gasteiger charge is 2.30. The Labute approximate surface area is 136 Å². The molecular weight excluding hydrogens is 318 g/mol. The summed E-state index contributed by atoms with van der Waals surface area (Å²) < 4.78 is 8.12. The third-order valence-electron chi connectivity index (χ3n) is 3.68. The molecule has 0 radical (unpaired) electrons. The van der Waals surface area contributed by atoms with E-state index in [1.165, 1.54) is 50.5 Å². The Bertz CT molecular complexity index is 933. The molecule has 0 unspecified atom stereocenters.